The van der Waals surface area contributed by atoms with Crippen LogP contribution in [0, 0.1) is 5.92 Å². The fraction of sp³-hybridized carbons (Fsp3) is 0.261. The van der Waals surface area contributed by atoms with Gasteiger partial charge in [0.2, 0.25) is 5.91 Å². The maximum absolute atomic E-state index is 12.6. The first-order valence-electron chi connectivity index (χ1n) is 9.92. The molecule has 1 aliphatic heterocycles. The summed E-state index contributed by atoms with van der Waals surface area (Å²) < 4.78 is 1.90. The second-order valence-corrected chi connectivity index (χ2v) is 7.37. The van der Waals surface area contributed by atoms with Gasteiger partial charge in [-0.3, -0.25) is 14.5 Å². The number of nitrogens with two attached hydrogens (primary N) is 1. The first-order valence-corrected chi connectivity index (χ1v) is 9.92. The van der Waals surface area contributed by atoms with Crippen LogP contribution in [0.5, 0.6) is 0 Å². The van der Waals surface area contributed by atoms with E-state index in [0.29, 0.717) is 19.0 Å². The highest BCUT2D eigenvalue weighted by Crippen LogP contribution is 2.23. The van der Waals surface area contributed by atoms with Gasteiger partial charge in [-0.15, -0.1) is 0 Å². The fourth-order valence-corrected chi connectivity index (χ4v) is 3.63. The highest BCUT2D eigenvalue weighted by atomic mass is 16.2. The molecule has 0 bridgehead atoms. The Kier molecular flexibility index (Phi) is 5.81. The van der Waals surface area contributed by atoms with Crippen molar-refractivity contribution in [2.75, 3.05) is 19.6 Å². The summed E-state index contributed by atoms with van der Waals surface area (Å²) in [5.41, 5.74) is 9.55. The maximum atomic E-state index is 12.6. The molecule has 148 valence electrons. The van der Waals surface area contributed by atoms with E-state index in [9.17, 15) is 4.79 Å². The van der Waals surface area contributed by atoms with Crippen LogP contribution < -0.4 is 5.73 Å². The SMILES string of the molecule is NCC1CCN(C(=O)/C=C/c2cn(Cc3ccccc3)nc2-c2cccnc2)C1. The largest absolute Gasteiger partial charge is 0.339 e. The number of likely N-dealkylation sites (tertiary alicyclic amines) is 1. The van der Waals surface area contributed by atoms with Gasteiger partial charge >= 0.3 is 0 Å². The molecular weight excluding hydrogens is 362 g/mol. The van der Waals surface area contributed by atoms with Crippen LogP contribution in [0.15, 0.2) is 67.1 Å². The summed E-state index contributed by atoms with van der Waals surface area (Å²) >= 11 is 0. The van der Waals surface area contributed by atoms with Crippen LogP contribution in [-0.2, 0) is 11.3 Å². The van der Waals surface area contributed by atoms with Gasteiger partial charge in [0.05, 0.1) is 6.54 Å². The molecule has 1 aliphatic rings. The van der Waals surface area contributed by atoms with E-state index in [1.807, 2.05) is 52.2 Å². The van der Waals surface area contributed by atoms with Gasteiger partial charge in [0.15, 0.2) is 0 Å². The van der Waals surface area contributed by atoms with Crippen molar-refractivity contribution in [2.45, 2.75) is 13.0 Å². The molecule has 3 aromatic rings. The standard InChI is InChI=1S/C23H25N5O/c24-13-19-10-12-27(15-19)22(29)9-8-21-17-28(16-18-5-2-1-3-6-18)26-23(21)20-7-4-11-25-14-20/h1-9,11,14,17,19H,10,12-13,15-16,24H2/b9-8+. The van der Waals surface area contributed by atoms with Crippen LogP contribution in [0.1, 0.15) is 17.5 Å². The van der Waals surface area contributed by atoms with Crippen LogP contribution in [0.2, 0.25) is 0 Å². The summed E-state index contributed by atoms with van der Waals surface area (Å²) in [4.78, 5) is 18.7. The highest BCUT2D eigenvalue weighted by molar-refractivity contribution is 5.93. The number of rotatable bonds is 6. The summed E-state index contributed by atoms with van der Waals surface area (Å²) in [5, 5.41) is 4.76. The number of aromatic nitrogens is 3. The second-order valence-electron chi connectivity index (χ2n) is 7.37. The molecule has 1 atom stereocenters. The summed E-state index contributed by atoms with van der Waals surface area (Å²) in [6.07, 6.45) is 9.99. The molecule has 0 radical (unpaired) electrons. The zero-order valence-electron chi connectivity index (χ0n) is 16.3. The van der Waals surface area contributed by atoms with Gasteiger partial charge in [0.25, 0.3) is 0 Å². The molecular formula is C23H25N5O. The lowest BCUT2D eigenvalue weighted by Crippen LogP contribution is -2.28. The average molecular weight is 387 g/mol. The number of pyridine rings is 1. The first-order chi connectivity index (χ1) is 14.2. The predicted octanol–water partition coefficient (Wildman–Crippen LogP) is 2.81. The number of carbonyl (C=O) groups excluding carboxylic acids is 1. The smallest absolute Gasteiger partial charge is 0.246 e. The average Bonchev–Trinajstić information content (AvgIpc) is 3.40. The van der Waals surface area contributed by atoms with Crippen LogP contribution >= 0.6 is 0 Å². The van der Waals surface area contributed by atoms with Crippen molar-refractivity contribution in [2.24, 2.45) is 11.7 Å². The topological polar surface area (TPSA) is 77.0 Å². The third-order valence-electron chi connectivity index (χ3n) is 5.25. The molecule has 3 heterocycles. The lowest BCUT2D eigenvalue weighted by Gasteiger charge is -2.13. The first kappa shape index (κ1) is 19.1. The molecule has 1 amide bonds. The maximum Gasteiger partial charge on any atom is 0.246 e. The van der Waals surface area contributed by atoms with Crippen molar-refractivity contribution in [3.05, 3.63) is 78.3 Å². The third-order valence-corrected chi connectivity index (χ3v) is 5.25. The number of carbonyl (C=O) groups is 1. The molecule has 6 heteroatoms. The van der Waals surface area contributed by atoms with Crippen molar-refractivity contribution in [3.63, 3.8) is 0 Å². The number of amides is 1. The van der Waals surface area contributed by atoms with E-state index in [1.165, 1.54) is 5.56 Å². The Morgan fingerprint density at radius 1 is 1.21 bits per heavy atom. The van der Waals surface area contributed by atoms with Crippen molar-refractivity contribution in [1.82, 2.24) is 19.7 Å². The van der Waals surface area contributed by atoms with Crippen LogP contribution in [0.25, 0.3) is 17.3 Å². The Hall–Kier alpha value is -3.25. The molecule has 2 N–H and O–H groups in total. The highest BCUT2D eigenvalue weighted by Gasteiger charge is 2.23. The zero-order chi connectivity index (χ0) is 20.1. The quantitative estimate of drug-likeness (QED) is 0.660. The van der Waals surface area contributed by atoms with E-state index < -0.39 is 0 Å². The lowest BCUT2D eigenvalue weighted by molar-refractivity contribution is -0.125. The second kappa shape index (κ2) is 8.84. The van der Waals surface area contributed by atoms with E-state index in [-0.39, 0.29) is 5.91 Å². The van der Waals surface area contributed by atoms with Crippen molar-refractivity contribution >= 4 is 12.0 Å². The third kappa shape index (κ3) is 4.60. The van der Waals surface area contributed by atoms with E-state index in [1.54, 1.807) is 18.5 Å². The Balaban J connectivity index is 1.58. The number of benzene rings is 1. The summed E-state index contributed by atoms with van der Waals surface area (Å²) in [6, 6.07) is 14.1. The molecule has 2 aromatic heterocycles. The van der Waals surface area contributed by atoms with Crippen molar-refractivity contribution in [1.29, 1.82) is 0 Å². The molecule has 1 saturated heterocycles. The van der Waals surface area contributed by atoms with Crippen LogP contribution in [0.4, 0.5) is 0 Å². The minimum atomic E-state index is 0.0221. The molecule has 1 unspecified atom stereocenters. The summed E-state index contributed by atoms with van der Waals surface area (Å²) in [6.45, 7) is 2.81. The Labute approximate surface area is 170 Å². The summed E-state index contributed by atoms with van der Waals surface area (Å²) in [7, 11) is 0. The van der Waals surface area contributed by atoms with Gasteiger partial charge in [-0.1, -0.05) is 30.3 Å². The molecule has 0 saturated carbocycles. The fourth-order valence-electron chi connectivity index (χ4n) is 3.63. The molecule has 6 nitrogen and oxygen atoms in total. The molecule has 29 heavy (non-hydrogen) atoms. The Morgan fingerprint density at radius 2 is 2.07 bits per heavy atom. The van der Waals surface area contributed by atoms with Gasteiger partial charge in [0, 0.05) is 48.9 Å². The number of nitrogens with zero attached hydrogens (tertiary/aromatic N) is 4. The van der Waals surface area contributed by atoms with E-state index >= 15 is 0 Å². The molecule has 4 rings (SSSR count). The number of hydrogen-bond acceptors (Lipinski definition) is 4. The minimum absolute atomic E-state index is 0.0221. The Bertz CT molecular complexity index is 981. The zero-order valence-corrected chi connectivity index (χ0v) is 16.3. The minimum Gasteiger partial charge on any atom is -0.339 e. The van der Waals surface area contributed by atoms with Gasteiger partial charge < -0.3 is 10.6 Å². The summed E-state index contributed by atoms with van der Waals surface area (Å²) in [5.74, 6) is 0.431. The molecule has 1 fully saturated rings. The lowest BCUT2D eigenvalue weighted by atomic mass is 10.1. The monoisotopic (exact) mass is 387 g/mol. The van der Waals surface area contributed by atoms with Gasteiger partial charge in [0.1, 0.15) is 5.69 Å². The number of hydrogen-bond donors (Lipinski definition) is 1. The van der Waals surface area contributed by atoms with Gasteiger partial charge in [-0.2, -0.15) is 5.10 Å². The van der Waals surface area contributed by atoms with Gasteiger partial charge in [-0.05, 0) is 42.7 Å². The normalized spacial score (nSPS) is 16.6. The van der Waals surface area contributed by atoms with Crippen LogP contribution in [0.3, 0.4) is 0 Å². The van der Waals surface area contributed by atoms with E-state index in [0.717, 1.165) is 36.3 Å². The molecule has 1 aromatic carbocycles. The van der Waals surface area contributed by atoms with E-state index in [2.05, 4.69) is 17.1 Å². The molecule has 0 spiro atoms. The molecule has 0 aliphatic carbocycles. The van der Waals surface area contributed by atoms with Crippen molar-refractivity contribution in [3.8, 4) is 11.3 Å². The predicted molar refractivity (Wildman–Crippen MR) is 114 cm³/mol. The van der Waals surface area contributed by atoms with Gasteiger partial charge in [-0.25, -0.2) is 0 Å². The van der Waals surface area contributed by atoms with Crippen LogP contribution in [-0.4, -0.2) is 45.2 Å². The van der Waals surface area contributed by atoms with Crippen molar-refractivity contribution < 1.29 is 4.79 Å². The van der Waals surface area contributed by atoms with E-state index in [4.69, 9.17) is 10.8 Å². The Morgan fingerprint density at radius 3 is 2.79 bits per heavy atom.